The topological polar surface area (TPSA) is 85.1 Å². The first-order valence-corrected chi connectivity index (χ1v) is 7.13. The molecule has 0 saturated carbocycles. The monoisotopic (exact) mass is 321 g/mol. The van der Waals surface area contributed by atoms with Gasteiger partial charge in [-0.3, -0.25) is 0 Å². The number of aromatic nitrogens is 2. The van der Waals surface area contributed by atoms with Crippen LogP contribution in [0.25, 0.3) is 0 Å². The second-order valence-electron chi connectivity index (χ2n) is 4.06. The minimum absolute atomic E-state index is 0.197. The Kier molecular flexibility index (Phi) is 3.90. The lowest BCUT2D eigenvalue weighted by Gasteiger charge is -2.09. The summed E-state index contributed by atoms with van der Waals surface area (Å²) in [4.78, 5) is 3.12. The summed E-state index contributed by atoms with van der Waals surface area (Å²) in [5.41, 5.74) is -4.89. The van der Waals surface area contributed by atoms with Crippen molar-refractivity contribution < 1.29 is 26.1 Å². The minimum Gasteiger partial charge on any atom is -0.378 e. The molecule has 1 aromatic carbocycles. The number of rotatable bonds is 4. The van der Waals surface area contributed by atoms with Crippen LogP contribution in [0, 0.1) is 6.92 Å². The van der Waals surface area contributed by atoms with E-state index in [4.69, 9.17) is 4.52 Å². The molecular weight excluding hydrogens is 311 g/mol. The Hall–Kier alpha value is -2.10. The lowest BCUT2D eigenvalue weighted by molar-refractivity contribution is -0.0436. The molecule has 0 saturated heterocycles. The maximum absolute atomic E-state index is 12.4. The van der Waals surface area contributed by atoms with Crippen molar-refractivity contribution in [3.63, 3.8) is 0 Å². The summed E-state index contributed by atoms with van der Waals surface area (Å²) in [6.07, 6.45) is 0. The number of alkyl halides is 3. The lowest BCUT2D eigenvalue weighted by Crippen LogP contribution is -2.23. The Balaban J connectivity index is 2.09. The first kappa shape index (κ1) is 15.3. The summed E-state index contributed by atoms with van der Waals surface area (Å²) in [6.45, 7) is 1.82. The van der Waals surface area contributed by atoms with E-state index < -0.39 is 20.2 Å². The summed E-state index contributed by atoms with van der Waals surface area (Å²) in [5, 5.41) is 6.46. The minimum atomic E-state index is -5.32. The van der Waals surface area contributed by atoms with Gasteiger partial charge in [0.2, 0.25) is 5.89 Å². The molecule has 10 heteroatoms. The van der Waals surface area contributed by atoms with Crippen LogP contribution in [0.1, 0.15) is 11.7 Å². The van der Waals surface area contributed by atoms with Crippen LogP contribution in [-0.2, 0) is 16.4 Å². The summed E-state index contributed by atoms with van der Waals surface area (Å²) in [7, 11) is -5.32. The molecular formula is C11H10F3N3O3S. The van der Waals surface area contributed by atoms with E-state index in [0.717, 1.165) is 12.1 Å². The molecule has 114 valence electrons. The molecule has 0 spiro atoms. The zero-order chi connectivity index (χ0) is 15.7. The molecule has 0 amide bonds. The van der Waals surface area contributed by atoms with Crippen LogP contribution in [0.15, 0.2) is 33.7 Å². The van der Waals surface area contributed by atoms with Crippen molar-refractivity contribution in [2.45, 2.75) is 23.9 Å². The van der Waals surface area contributed by atoms with E-state index in [1.807, 2.05) is 0 Å². The molecule has 0 fully saturated rings. The molecule has 1 aromatic heterocycles. The van der Waals surface area contributed by atoms with Crippen molar-refractivity contribution in [1.29, 1.82) is 0 Å². The number of anilines is 1. The number of nitrogens with one attached hydrogen (secondary N) is 1. The molecule has 21 heavy (non-hydrogen) atoms. The smallest absolute Gasteiger partial charge is 0.378 e. The number of benzene rings is 1. The number of aryl methyl sites for hydroxylation is 1. The predicted molar refractivity (Wildman–Crippen MR) is 66.0 cm³/mol. The number of hydrogen-bond acceptors (Lipinski definition) is 6. The third-order valence-electron chi connectivity index (χ3n) is 2.49. The molecule has 2 aromatic rings. The Morgan fingerprint density at radius 3 is 2.33 bits per heavy atom. The van der Waals surface area contributed by atoms with Gasteiger partial charge in [-0.15, -0.1) is 0 Å². The number of halogens is 3. The fourth-order valence-electron chi connectivity index (χ4n) is 1.48. The Morgan fingerprint density at radius 2 is 1.86 bits per heavy atom. The first-order valence-electron chi connectivity index (χ1n) is 5.64. The van der Waals surface area contributed by atoms with Crippen LogP contribution in [0.4, 0.5) is 18.9 Å². The molecule has 1 N–H and O–H groups in total. The molecule has 2 rings (SSSR count). The third kappa shape index (κ3) is 3.32. The average Bonchev–Trinajstić information content (AvgIpc) is 2.81. The summed E-state index contributed by atoms with van der Waals surface area (Å²) in [6, 6.07) is 4.22. The van der Waals surface area contributed by atoms with E-state index in [9.17, 15) is 21.6 Å². The second-order valence-corrected chi connectivity index (χ2v) is 6.00. The van der Waals surface area contributed by atoms with E-state index in [1.54, 1.807) is 6.92 Å². The normalized spacial score (nSPS) is 12.4. The van der Waals surface area contributed by atoms with Gasteiger partial charge in [-0.25, -0.2) is 8.42 Å². The Labute approximate surface area is 117 Å². The summed E-state index contributed by atoms with van der Waals surface area (Å²) in [5.74, 6) is 0.762. The van der Waals surface area contributed by atoms with Crippen molar-refractivity contribution in [3.05, 3.63) is 36.0 Å². The zero-order valence-corrected chi connectivity index (χ0v) is 11.5. The molecule has 0 radical (unpaired) electrons. The van der Waals surface area contributed by atoms with Gasteiger partial charge in [0.05, 0.1) is 11.4 Å². The van der Waals surface area contributed by atoms with Gasteiger partial charge in [-0.2, -0.15) is 18.2 Å². The molecule has 0 aliphatic rings. The van der Waals surface area contributed by atoms with Gasteiger partial charge in [0.25, 0.3) is 9.84 Å². The van der Waals surface area contributed by atoms with Crippen LogP contribution >= 0.6 is 0 Å². The van der Waals surface area contributed by atoms with Crippen molar-refractivity contribution >= 4 is 15.5 Å². The summed E-state index contributed by atoms with van der Waals surface area (Å²) >= 11 is 0. The summed E-state index contributed by atoms with van der Waals surface area (Å²) < 4.78 is 64.2. The predicted octanol–water partition coefficient (Wildman–Crippen LogP) is 2.28. The lowest BCUT2D eigenvalue weighted by atomic mass is 10.3. The van der Waals surface area contributed by atoms with Gasteiger partial charge < -0.3 is 9.84 Å². The van der Waals surface area contributed by atoms with E-state index >= 15 is 0 Å². The molecule has 0 aliphatic heterocycles. The van der Waals surface area contributed by atoms with Gasteiger partial charge in [0, 0.05) is 12.6 Å². The SMILES string of the molecule is Cc1nc(CNc2ccc(S(=O)(=O)C(F)(F)F)cc2)no1. The molecule has 1 heterocycles. The first-order chi connectivity index (χ1) is 9.70. The Bertz CT molecular complexity index is 723. The standard InChI is InChI=1S/C11H10F3N3O3S/c1-7-16-10(17-20-7)6-15-8-2-4-9(5-3-8)21(18,19)11(12,13)14/h2-5,15H,6H2,1H3. The van der Waals surface area contributed by atoms with Crippen molar-refractivity contribution in [1.82, 2.24) is 10.1 Å². The number of sulfone groups is 1. The average molecular weight is 321 g/mol. The van der Waals surface area contributed by atoms with Gasteiger partial charge in [-0.05, 0) is 24.3 Å². The van der Waals surface area contributed by atoms with E-state index in [0.29, 0.717) is 17.4 Å². The van der Waals surface area contributed by atoms with Crippen molar-refractivity contribution in [3.8, 4) is 0 Å². The highest BCUT2D eigenvalue weighted by Crippen LogP contribution is 2.30. The zero-order valence-electron chi connectivity index (χ0n) is 10.7. The maximum Gasteiger partial charge on any atom is 0.501 e. The van der Waals surface area contributed by atoms with Crippen LogP contribution < -0.4 is 5.32 Å². The van der Waals surface area contributed by atoms with Crippen LogP contribution in [0.3, 0.4) is 0 Å². The van der Waals surface area contributed by atoms with E-state index in [2.05, 4.69) is 15.5 Å². The third-order valence-corrected chi connectivity index (χ3v) is 3.99. The fraction of sp³-hybridized carbons (Fsp3) is 0.273. The van der Waals surface area contributed by atoms with E-state index in [-0.39, 0.29) is 6.54 Å². The van der Waals surface area contributed by atoms with Gasteiger partial charge in [0.1, 0.15) is 0 Å². The van der Waals surface area contributed by atoms with Crippen molar-refractivity contribution in [2.75, 3.05) is 5.32 Å². The largest absolute Gasteiger partial charge is 0.501 e. The van der Waals surface area contributed by atoms with E-state index in [1.165, 1.54) is 12.1 Å². The molecule has 6 nitrogen and oxygen atoms in total. The molecule has 0 aliphatic carbocycles. The molecule has 0 atom stereocenters. The van der Waals surface area contributed by atoms with Crippen LogP contribution in [0.5, 0.6) is 0 Å². The molecule has 0 bridgehead atoms. The quantitative estimate of drug-likeness (QED) is 0.930. The van der Waals surface area contributed by atoms with Crippen molar-refractivity contribution in [2.24, 2.45) is 0 Å². The van der Waals surface area contributed by atoms with Gasteiger partial charge in [0.15, 0.2) is 5.82 Å². The maximum atomic E-state index is 12.4. The highest BCUT2D eigenvalue weighted by Gasteiger charge is 2.46. The number of nitrogens with zero attached hydrogens (tertiary/aromatic N) is 2. The second kappa shape index (κ2) is 5.35. The van der Waals surface area contributed by atoms with Gasteiger partial charge >= 0.3 is 5.51 Å². The van der Waals surface area contributed by atoms with Crippen LogP contribution in [0.2, 0.25) is 0 Å². The highest BCUT2D eigenvalue weighted by atomic mass is 32.2. The molecule has 0 unspecified atom stereocenters. The van der Waals surface area contributed by atoms with Gasteiger partial charge in [-0.1, -0.05) is 5.16 Å². The highest BCUT2D eigenvalue weighted by molar-refractivity contribution is 7.92. The number of hydrogen-bond donors (Lipinski definition) is 1. The fourth-order valence-corrected chi connectivity index (χ4v) is 2.24. The van der Waals surface area contributed by atoms with Crippen LogP contribution in [-0.4, -0.2) is 24.1 Å². The Morgan fingerprint density at radius 1 is 1.24 bits per heavy atom.